The predicted molar refractivity (Wildman–Crippen MR) is 118 cm³/mol. The molecule has 1 aliphatic rings. The molecule has 3 aromatic rings. The number of hydrogen-bond acceptors (Lipinski definition) is 6. The van der Waals surface area contributed by atoms with Gasteiger partial charge in [0.25, 0.3) is 5.91 Å². The maximum absolute atomic E-state index is 13.3. The first kappa shape index (κ1) is 21.0. The summed E-state index contributed by atoms with van der Waals surface area (Å²) < 4.78 is 29.3. The zero-order valence-corrected chi connectivity index (χ0v) is 19.0. The number of aromatic nitrogens is 2. The zero-order chi connectivity index (χ0) is 21.5. The lowest BCUT2D eigenvalue weighted by Gasteiger charge is -2.35. The van der Waals surface area contributed by atoms with E-state index in [0.29, 0.717) is 42.6 Å². The molecule has 0 bridgehead atoms. The molecule has 1 aromatic carbocycles. The Bertz CT molecular complexity index is 1190. The van der Waals surface area contributed by atoms with Crippen LogP contribution in [0.2, 0.25) is 5.02 Å². The SMILES string of the molecule is Cc1cc(C)n(C(=O)c2sccc2S(=O)(=O)N2CCN(c3ccccc3Cl)CC2)n1. The van der Waals surface area contributed by atoms with Crippen molar-refractivity contribution in [1.29, 1.82) is 0 Å². The molecule has 30 heavy (non-hydrogen) atoms. The largest absolute Gasteiger partial charge is 0.368 e. The van der Waals surface area contributed by atoms with Crippen molar-refractivity contribution in [3.63, 3.8) is 0 Å². The van der Waals surface area contributed by atoms with Gasteiger partial charge in [-0.05, 0) is 43.5 Å². The van der Waals surface area contributed by atoms with Gasteiger partial charge in [-0.2, -0.15) is 9.40 Å². The minimum absolute atomic E-state index is 0.0382. The van der Waals surface area contributed by atoms with E-state index in [-0.39, 0.29) is 9.77 Å². The Morgan fingerprint density at radius 1 is 1.10 bits per heavy atom. The number of anilines is 1. The normalized spacial score (nSPS) is 15.5. The molecule has 10 heteroatoms. The minimum Gasteiger partial charge on any atom is -0.368 e. The summed E-state index contributed by atoms with van der Waals surface area (Å²) in [5.41, 5.74) is 2.27. The number of benzene rings is 1. The van der Waals surface area contributed by atoms with Crippen LogP contribution >= 0.6 is 22.9 Å². The minimum atomic E-state index is -3.80. The van der Waals surface area contributed by atoms with Crippen molar-refractivity contribution >= 4 is 44.6 Å². The Balaban J connectivity index is 1.56. The molecule has 4 rings (SSSR count). The molecule has 2 aromatic heterocycles. The number of nitrogens with zero attached hydrogens (tertiary/aromatic N) is 4. The van der Waals surface area contributed by atoms with Crippen molar-refractivity contribution in [2.24, 2.45) is 0 Å². The van der Waals surface area contributed by atoms with Crippen LogP contribution in [-0.4, -0.2) is 54.6 Å². The molecular weight excluding hydrogens is 444 g/mol. The van der Waals surface area contributed by atoms with Crippen molar-refractivity contribution in [1.82, 2.24) is 14.1 Å². The smallest absolute Gasteiger partial charge is 0.289 e. The highest BCUT2D eigenvalue weighted by Gasteiger charge is 2.33. The Morgan fingerprint density at radius 2 is 1.80 bits per heavy atom. The lowest BCUT2D eigenvalue weighted by atomic mass is 10.2. The molecule has 0 unspecified atom stereocenters. The van der Waals surface area contributed by atoms with Gasteiger partial charge in [-0.15, -0.1) is 11.3 Å². The van der Waals surface area contributed by atoms with E-state index < -0.39 is 15.9 Å². The topological polar surface area (TPSA) is 75.5 Å². The maximum Gasteiger partial charge on any atom is 0.289 e. The standard InChI is InChI=1S/C20H21ClN4O3S2/c1-14-13-15(2)25(22-14)20(26)19-18(7-12-29-19)30(27,28)24-10-8-23(9-11-24)17-6-4-3-5-16(17)21/h3-7,12-13H,8-11H2,1-2H3. The molecule has 0 spiro atoms. The number of rotatable bonds is 4. The number of thiophene rings is 1. The number of carbonyl (C=O) groups excluding carboxylic acids is 1. The first-order valence-corrected chi connectivity index (χ1v) is 12.1. The van der Waals surface area contributed by atoms with Crippen molar-refractivity contribution in [2.75, 3.05) is 31.1 Å². The average molecular weight is 465 g/mol. The van der Waals surface area contributed by atoms with Crippen LogP contribution < -0.4 is 4.90 Å². The highest BCUT2D eigenvalue weighted by Crippen LogP contribution is 2.30. The van der Waals surface area contributed by atoms with E-state index in [9.17, 15) is 13.2 Å². The van der Waals surface area contributed by atoms with Crippen molar-refractivity contribution in [3.8, 4) is 0 Å². The van der Waals surface area contributed by atoms with Crippen LogP contribution in [-0.2, 0) is 10.0 Å². The Hall–Kier alpha value is -2.20. The van der Waals surface area contributed by atoms with Crippen LogP contribution in [0.1, 0.15) is 21.1 Å². The molecule has 3 heterocycles. The summed E-state index contributed by atoms with van der Waals surface area (Å²) in [4.78, 5) is 15.3. The van der Waals surface area contributed by atoms with Crippen molar-refractivity contribution in [2.45, 2.75) is 18.7 Å². The first-order chi connectivity index (χ1) is 14.3. The number of sulfonamides is 1. The van der Waals surface area contributed by atoms with Crippen LogP contribution in [0.15, 0.2) is 46.7 Å². The second-order valence-electron chi connectivity index (χ2n) is 7.10. The molecule has 0 radical (unpaired) electrons. The van der Waals surface area contributed by atoms with E-state index in [0.717, 1.165) is 17.0 Å². The number of aryl methyl sites for hydroxylation is 2. The molecule has 1 saturated heterocycles. The monoisotopic (exact) mass is 464 g/mol. The van der Waals surface area contributed by atoms with Gasteiger partial charge in [-0.25, -0.2) is 13.1 Å². The molecule has 0 aliphatic carbocycles. The Kier molecular flexibility index (Phi) is 5.71. The molecule has 0 amide bonds. The second-order valence-corrected chi connectivity index (χ2v) is 10.3. The lowest BCUT2D eigenvalue weighted by Crippen LogP contribution is -2.48. The molecule has 1 aliphatic heterocycles. The summed E-state index contributed by atoms with van der Waals surface area (Å²) in [5.74, 6) is -0.427. The van der Waals surface area contributed by atoms with E-state index >= 15 is 0 Å². The molecule has 7 nitrogen and oxygen atoms in total. The molecule has 1 fully saturated rings. The highest BCUT2D eigenvalue weighted by atomic mass is 35.5. The van der Waals surface area contributed by atoms with E-state index in [2.05, 4.69) is 10.00 Å². The third-order valence-corrected chi connectivity index (χ3v) is 8.37. The Labute approximate surface area is 184 Å². The van der Waals surface area contributed by atoms with Crippen LogP contribution in [0.5, 0.6) is 0 Å². The van der Waals surface area contributed by atoms with Gasteiger partial charge in [0, 0.05) is 31.9 Å². The molecule has 0 saturated carbocycles. The maximum atomic E-state index is 13.3. The first-order valence-electron chi connectivity index (χ1n) is 9.44. The number of carbonyl (C=O) groups is 1. The Morgan fingerprint density at radius 3 is 2.43 bits per heavy atom. The van der Waals surface area contributed by atoms with E-state index in [1.165, 1.54) is 15.1 Å². The number of halogens is 1. The van der Waals surface area contributed by atoms with Gasteiger partial charge in [-0.3, -0.25) is 4.79 Å². The fourth-order valence-corrected chi connectivity index (χ4v) is 6.60. The third kappa shape index (κ3) is 3.78. The van der Waals surface area contributed by atoms with Gasteiger partial charge in [0.1, 0.15) is 9.77 Å². The predicted octanol–water partition coefficient (Wildman–Crippen LogP) is 3.41. The quantitative estimate of drug-likeness (QED) is 0.591. The van der Waals surface area contributed by atoms with Gasteiger partial charge in [-0.1, -0.05) is 23.7 Å². The van der Waals surface area contributed by atoms with Crippen LogP contribution in [0.4, 0.5) is 5.69 Å². The van der Waals surface area contributed by atoms with E-state index in [4.69, 9.17) is 11.6 Å². The summed E-state index contributed by atoms with van der Waals surface area (Å²) in [6.45, 7) is 5.24. The van der Waals surface area contributed by atoms with E-state index in [1.807, 2.05) is 24.3 Å². The number of para-hydroxylation sites is 1. The van der Waals surface area contributed by atoms with Crippen LogP contribution in [0, 0.1) is 13.8 Å². The van der Waals surface area contributed by atoms with Gasteiger partial charge in [0.15, 0.2) is 0 Å². The summed E-state index contributed by atoms with van der Waals surface area (Å²) in [6, 6.07) is 10.8. The fourth-order valence-electron chi connectivity index (χ4n) is 3.60. The highest BCUT2D eigenvalue weighted by molar-refractivity contribution is 7.89. The summed E-state index contributed by atoms with van der Waals surface area (Å²) in [7, 11) is -3.80. The third-order valence-electron chi connectivity index (χ3n) is 5.07. The summed E-state index contributed by atoms with van der Waals surface area (Å²) in [5, 5.41) is 6.47. The van der Waals surface area contributed by atoms with E-state index in [1.54, 1.807) is 25.3 Å². The fraction of sp³-hybridized carbons (Fsp3) is 0.300. The van der Waals surface area contributed by atoms with Crippen molar-refractivity contribution in [3.05, 3.63) is 63.1 Å². The summed E-state index contributed by atoms with van der Waals surface area (Å²) in [6.07, 6.45) is 0. The number of hydrogen-bond donors (Lipinski definition) is 0. The average Bonchev–Trinajstić information content (AvgIpc) is 3.35. The second kappa shape index (κ2) is 8.14. The van der Waals surface area contributed by atoms with Crippen LogP contribution in [0.3, 0.4) is 0 Å². The molecular formula is C20H21ClN4O3S2. The van der Waals surface area contributed by atoms with Crippen molar-refractivity contribution < 1.29 is 13.2 Å². The van der Waals surface area contributed by atoms with Gasteiger partial charge < -0.3 is 4.90 Å². The molecule has 158 valence electrons. The van der Waals surface area contributed by atoms with Gasteiger partial charge in [0.05, 0.1) is 16.4 Å². The molecule has 0 atom stereocenters. The van der Waals surface area contributed by atoms with Crippen LogP contribution in [0.25, 0.3) is 0 Å². The zero-order valence-electron chi connectivity index (χ0n) is 16.6. The molecule has 0 N–H and O–H groups in total. The van der Waals surface area contributed by atoms with Gasteiger partial charge >= 0.3 is 0 Å². The summed E-state index contributed by atoms with van der Waals surface area (Å²) >= 11 is 7.39. The van der Waals surface area contributed by atoms with Gasteiger partial charge in [0.2, 0.25) is 10.0 Å². The number of piperazine rings is 1. The lowest BCUT2D eigenvalue weighted by molar-refractivity contribution is 0.0943.